The fourth-order valence-electron chi connectivity index (χ4n) is 3.44. The first-order chi connectivity index (χ1) is 16.6. The van der Waals surface area contributed by atoms with E-state index in [0.29, 0.717) is 40.9 Å². The SMILES string of the molecule is COc1cc(C(O)C(CO)Oc2c(OC)cccc2OC)cc(OC)c1OCc1ccccc1. The third kappa shape index (κ3) is 5.65. The molecule has 8 heteroatoms. The summed E-state index contributed by atoms with van der Waals surface area (Å²) >= 11 is 0. The van der Waals surface area contributed by atoms with E-state index >= 15 is 0 Å². The molecule has 0 aliphatic carbocycles. The van der Waals surface area contributed by atoms with Crippen molar-refractivity contribution in [2.24, 2.45) is 0 Å². The Morgan fingerprint density at radius 1 is 0.706 bits per heavy atom. The van der Waals surface area contributed by atoms with Crippen LogP contribution >= 0.6 is 0 Å². The Hall–Kier alpha value is -3.62. The molecule has 0 bridgehead atoms. The highest BCUT2D eigenvalue weighted by atomic mass is 16.6. The molecule has 0 saturated heterocycles. The van der Waals surface area contributed by atoms with Crippen molar-refractivity contribution >= 4 is 0 Å². The van der Waals surface area contributed by atoms with E-state index in [0.717, 1.165) is 5.56 Å². The number of para-hydroxylation sites is 1. The van der Waals surface area contributed by atoms with Gasteiger partial charge in [0.1, 0.15) is 12.7 Å². The average Bonchev–Trinajstić information content (AvgIpc) is 2.89. The van der Waals surface area contributed by atoms with Crippen molar-refractivity contribution in [3.8, 4) is 34.5 Å². The minimum atomic E-state index is -1.23. The number of hydrogen-bond acceptors (Lipinski definition) is 8. The van der Waals surface area contributed by atoms with Crippen LogP contribution in [-0.2, 0) is 6.61 Å². The summed E-state index contributed by atoms with van der Waals surface area (Å²) in [6.45, 7) is -0.162. The number of aliphatic hydroxyl groups excluding tert-OH is 2. The summed E-state index contributed by atoms with van der Waals surface area (Å²) in [4.78, 5) is 0. The van der Waals surface area contributed by atoms with Crippen LogP contribution in [0.5, 0.6) is 34.5 Å². The largest absolute Gasteiger partial charge is 0.493 e. The van der Waals surface area contributed by atoms with Gasteiger partial charge in [0.15, 0.2) is 29.1 Å². The molecule has 182 valence electrons. The van der Waals surface area contributed by atoms with Crippen LogP contribution in [0.1, 0.15) is 17.2 Å². The second kappa shape index (κ2) is 12.0. The molecule has 0 aliphatic rings. The Bertz CT molecular complexity index is 1010. The summed E-state index contributed by atoms with van der Waals surface area (Å²) in [7, 11) is 5.99. The minimum absolute atomic E-state index is 0.271. The summed E-state index contributed by atoms with van der Waals surface area (Å²) in [5.74, 6) is 2.23. The fourth-order valence-corrected chi connectivity index (χ4v) is 3.44. The highest BCUT2D eigenvalue weighted by Crippen LogP contribution is 2.42. The van der Waals surface area contributed by atoms with E-state index in [1.165, 1.54) is 28.4 Å². The molecule has 2 N–H and O–H groups in total. The van der Waals surface area contributed by atoms with E-state index in [2.05, 4.69) is 0 Å². The van der Waals surface area contributed by atoms with Gasteiger partial charge in [-0.2, -0.15) is 0 Å². The van der Waals surface area contributed by atoms with Gasteiger partial charge in [-0.15, -0.1) is 0 Å². The number of benzene rings is 3. The van der Waals surface area contributed by atoms with Crippen molar-refractivity contribution in [3.63, 3.8) is 0 Å². The van der Waals surface area contributed by atoms with E-state index in [1.54, 1.807) is 30.3 Å². The number of aliphatic hydroxyl groups is 2. The monoisotopic (exact) mass is 470 g/mol. The maximum absolute atomic E-state index is 11.1. The highest BCUT2D eigenvalue weighted by molar-refractivity contribution is 5.55. The van der Waals surface area contributed by atoms with Crippen molar-refractivity contribution in [3.05, 3.63) is 71.8 Å². The third-order valence-corrected chi connectivity index (χ3v) is 5.23. The number of ether oxygens (including phenoxy) is 6. The van der Waals surface area contributed by atoms with Crippen molar-refractivity contribution in [1.82, 2.24) is 0 Å². The quantitative estimate of drug-likeness (QED) is 0.413. The van der Waals surface area contributed by atoms with Crippen molar-refractivity contribution < 1.29 is 38.6 Å². The second-order valence-corrected chi connectivity index (χ2v) is 7.30. The fraction of sp³-hybridized carbons (Fsp3) is 0.308. The molecule has 0 aliphatic heterocycles. The summed E-state index contributed by atoms with van der Waals surface area (Å²) in [5, 5.41) is 21.1. The lowest BCUT2D eigenvalue weighted by Gasteiger charge is -2.25. The maximum atomic E-state index is 11.1. The maximum Gasteiger partial charge on any atom is 0.203 e. The first-order valence-corrected chi connectivity index (χ1v) is 10.6. The zero-order valence-corrected chi connectivity index (χ0v) is 19.7. The topological polar surface area (TPSA) is 95.8 Å². The molecule has 0 heterocycles. The molecule has 8 nitrogen and oxygen atoms in total. The lowest BCUT2D eigenvalue weighted by Crippen LogP contribution is -2.29. The number of methoxy groups -OCH3 is 4. The molecule has 3 rings (SSSR count). The van der Waals surface area contributed by atoms with Gasteiger partial charge in [0, 0.05) is 0 Å². The molecule has 3 aromatic carbocycles. The highest BCUT2D eigenvalue weighted by Gasteiger charge is 2.28. The van der Waals surface area contributed by atoms with Gasteiger partial charge in [0.05, 0.1) is 35.0 Å². The number of hydrogen-bond donors (Lipinski definition) is 2. The molecule has 0 saturated carbocycles. The average molecular weight is 471 g/mol. The van der Waals surface area contributed by atoms with Gasteiger partial charge in [-0.25, -0.2) is 0 Å². The van der Waals surface area contributed by atoms with Crippen LogP contribution in [0.15, 0.2) is 60.7 Å². The summed E-state index contributed by atoms with van der Waals surface area (Å²) in [6.07, 6.45) is -2.26. The van der Waals surface area contributed by atoms with E-state index in [9.17, 15) is 10.2 Å². The summed E-state index contributed by atoms with van der Waals surface area (Å²) in [5.41, 5.74) is 1.39. The molecule has 0 amide bonds. The zero-order chi connectivity index (χ0) is 24.5. The van der Waals surface area contributed by atoms with E-state index < -0.39 is 18.8 Å². The van der Waals surface area contributed by atoms with Gasteiger partial charge >= 0.3 is 0 Å². The molecule has 0 fully saturated rings. The predicted octanol–water partition coefficient (Wildman–Crippen LogP) is 3.77. The van der Waals surface area contributed by atoms with Crippen LogP contribution in [0.4, 0.5) is 0 Å². The van der Waals surface area contributed by atoms with E-state index in [1.807, 2.05) is 30.3 Å². The van der Waals surface area contributed by atoms with Gasteiger partial charge in [-0.1, -0.05) is 36.4 Å². The summed E-state index contributed by atoms with van der Waals surface area (Å²) < 4.78 is 33.6. The van der Waals surface area contributed by atoms with Crippen molar-refractivity contribution in [2.45, 2.75) is 18.8 Å². The molecule has 0 radical (unpaired) electrons. The van der Waals surface area contributed by atoms with Crippen molar-refractivity contribution in [1.29, 1.82) is 0 Å². The molecular weight excluding hydrogens is 440 g/mol. The van der Waals surface area contributed by atoms with Crippen LogP contribution in [0.3, 0.4) is 0 Å². The van der Waals surface area contributed by atoms with Crippen molar-refractivity contribution in [2.75, 3.05) is 35.0 Å². The van der Waals surface area contributed by atoms with Crippen LogP contribution in [0.2, 0.25) is 0 Å². The minimum Gasteiger partial charge on any atom is -0.493 e. The Morgan fingerprint density at radius 3 is 1.76 bits per heavy atom. The van der Waals surface area contributed by atoms with Gasteiger partial charge in [0.25, 0.3) is 0 Å². The Morgan fingerprint density at radius 2 is 1.26 bits per heavy atom. The molecular formula is C26H30O8. The Kier molecular flexibility index (Phi) is 8.84. The molecule has 2 unspecified atom stereocenters. The number of rotatable bonds is 12. The van der Waals surface area contributed by atoms with Gasteiger partial charge in [-0.05, 0) is 35.4 Å². The third-order valence-electron chi connectivity index (χ3n) is 5.23. The molecule has 0 aromatic heterocycles. The molecule has 0 spiro atoms. The van der Waals surface area contributed by atoms with E-state index in [-0.39, 0.29) is 5.75 Å². The first-order valence-electron chi connectivity index (χ1n) is 10.6. The van der Waals surface area contributed by atoms with Gasteiger partial charge < -0.3 is 38.6 Å². The Labute approximate surface area is 199 Å². The molecule has 34 heavy (non-hydrogen) atoms. The van der Waals surface area contributed by atoms with E-state index in [4.69, 9.17) is 28.4 Å². The van der Waals surface area contributed by atoms with Crippen LogP contribution in [0, 0.1) is 0 Å². The van der Waals surface area contributed by atoms with Gasteiger partial charge in [-0.3, -0.25) is 0 Å². The van der Waals surface area contributed by atoms with Crippen LogP contribution in [-0.4, -0.2) is 51.4 Å². The lowest BCUT2D eigenvalue weighted by atomic mass is 10.0. The second-order valence-electron chi connectivity index (χ2n) is 7.30. The smallest absolute Gasteiger partial charge is 0.203 e. The zero-order valence-electron chi connectivity index (χ0n) is 19.7. The predicted molar refractivity (Wildman–Crippen MR) is 126 cm³/mol. The molecule has 2 atom stereocenters. The van der Waals surface area contributed by atoms with Gasteiger partial charge in [0.2, 0.25) is 11.5 Å². The molecule has 3 aromatic rings. The standard InChI is InChI=1S/C26H30O8/c1-29-19-11-8-12-20(30-2)26(19)34-23(15-27)24(28)18-13-21(31-3)25(22(14-18)32-4)33-16-17-9-6-5-7-10-17/h5-14,23-24,27-28H,15-16H2,1-4H3. The summed E-state index contributed by atoms with van der Waals surface area (Å²) in [6, 6.07) is 18.1. The lowest BCUT2D eigenvalue weighted by molar-refractivity contribution is -0.00185. The first kappa shape index (κ1) is 25.0. The van der Waals surface area contributed by atoms with Crippen LogP contribution < -0.4 is 28.4 Å². The van der Waals surface area contributed by atoms with Crippen LogP contribution in [0.25, 0.3) is 0 Å². The normalized spacial score (nSPS) is 12.4. The Balaban J connectivity index is 1.89.